The predicted molar refractivity (Wildman–Crippen MR) is 102 cm³/mol. The maximum atomic E-state index is 12.1. The molecule has 5 heteroatoms. The fourth-order valence-corrected chi connectivity index (χ4v) is 2.58. The number of hydrogen-bond acceptors (Lipinski definition) is 5. The van der Waals surface area contributed by atoms with Crippen molar-refractivity contribution in [3.05, 3.63) is 29.6 Å². The molecule has 0 aliphatic heterocycles. The van der Waals surface area contributed by atoms with Crippen LogP contribution in [-0.4, -0.2) is 30.1 Å². The van der Waals surface area contributed by atoms with Crippen LogP contribution >= 0.6 is 0 Å². The first-order valence-corrected chi connectivity index (χ1v) is 9.93. The molecular weight excluding hydrogens is 330 g/mol. The van der Waals surface area contributed by atoms with Crippen LogP contribution in [-0.2, 0) is 9.47 Å². The molecule has 0 radical (unpaired) electrons. The van der Waals surface area contributed by atoms with Crippen LogP contribution in [0.25, 0.3) is 0 Å². The molecule has 0 N–H and O–H groups in total. The van der Waals surface area contributed by atoms with Crippen LogP contribution in [0.1, 0.15) is 93.1 Å². The zero-order chi connectivity index (χ0) is 19.2. The first kappa shape index (κ1) is 22.1. The normalized spacial score (nSPS) is 10.8. The van der Waals surface area contributed by atoms with Gasteiger partial charge >= 0.3 is 11.9 Å². The van der Waals surface area contributed by atoms with E-state index >= 15 is 0 Å². The SMILES string of the molecule is CCCCCCCCOC(=O)c1cccc(C(=O)OCC(CC)CC)n1. The maximum absolute atomic E-state index is 12.1. The molecule has 0 spiro atoms. The van der Waals surface area contributed by atoms with E-state index in [1.165, 1.54) is 25.7 Å². The molecule has 0 bridgehead atoms. The van der Waals surface area contributed by atoms with E-state index in [4.69, 9.17) is 9.47 Å². The van der Waals surface area contributed by atoms with Crippen molar-refractivity contribution >= 4 is 11.9 Å². The minimum Gasteiger partial charge on any atom is -0.461 e. The molecule has 0 aliphatic carbocycles. The topological polar surface area (TPSA) is 65.5 Å². The quantitative estimate of drug-likeness (QED) is 0.356. The molecule has 0 saturated carbocycles. The van der Waals surface area contributed by atoms with Gasteiger partial charge in [-0.2, -0.15) is 0 Å². The van der Waals surface area contributed by atoms with Gasteiger partial charge in [0.15, 0.2) is 0 Å². The number of rotatable bonds is 13. The molecule has 1 aromatic rings. The third kappa shape index (κ3) is 8.45. The maximum Gasteiger partial charge on any atom is 0.356 e. The summed E-state index contributed by atoms with van der Waals surface area (Å²) >= 11 is 0. The lowest BCUT2D eigenvalue weighted by atomic mass is 10.1. The molecule has 0 aromatic carbocycles. The fraction of sp³-hybridized carbons (Fsp3) is 0.667. The molecule has 0 fully saturated rings. The van der Waals surface area contributed by atoms with Crippen molar-refractivity contribution in [1.82, 2.24) is 4.98 Å². The number of esters is 2. The van der Waals surface area contributed by atoms with E-state index < -0.39 is 11.9 Å². The smallest absolute Gasteiger partial charge is 0.356 e. The number of aromatic nitrogens is 1. The highest BCUT2D eigenvalue weighted by atomic mass is 16.5. The van der Waals surface area contributed by atoms with E-state index in [-0.39, 0.29) is 11.4 Å². The van der Waals surface area contributed by atoms with Gasteiger partial charge in [-0.25, -0.2) is 14.6 Å². The summed E-state index contributed by atoms with van der Waals surface area (Å²) in [6.07, 6.45) is 8.70. The fourth-order valence-electron chi connectivity index (χ4n) is 2.58. The Balaban J connectivity index is 2.42. The molecule has 5 nitrogen and oxygen atoms in total. The summed E-state index contributed by atoms with van der Waals surface area (Å²) in [6, 6.07) is 4.74. The Bertz CT molecular complexity index is 541. The lowest BCUT2D eigenvalue weighted by molar-refractivity contribution is 0.0425. The zero-order valence-electron chi connectivity index (χ0n) is 16.5. The van der Waals surface area contributed by atoms with Gasteiger partial charge in [-0.05, 0) is 24.5 Å². The van der Waals surface area contributed by atoms with Crippen molar-refractivity contribution in [3.63, 3.8) is 0 Å². The first-order chi connectivity index (χ1) is 12.6. The second-order valence-corrected chi connectivity index (χ2v) is 6.59. The summed E-state index contributed by atoms with van der Waals surface area (Å²) in [6.45, 7) is 7.09. The van der Waals surface area contributed by atoms with E-state index in [0.717, 1.165) is 25.7 Å². The molecule has 1 rings (SSSR count). The van der Waals surface area contributed by atoms with Crippen LogP contribution in [0.15, 0.2) is 18.2 Å². The monoisotopic (exact) mass is 363 g/mol. The number of ether oxygens (including phenoxy) is 2. The average Bonchev–Trinajstić information content (AvgIpc) is 2.67. The van der Waals surface area contributed by atoms with Gasteiger partial charge in [-0.1, -0.05) is 71.8 Å². The van der Waals surface area contributed by atoms with Gasteiger partial charge in [0.2, 0.25) is 0 Å². The summed E-state index contributed by atoms with van der Waals surface area (Å²) in [4.78, 5) is 28.3. The Hall–Kier alpha value is -1.91. The van der Waals surface area contributed by atoms with Crippen LogP contribution in [0.5, 0.6) is 0 Å². The Labute approximate surface area is 157 Å². The molecule has 0 saturated heterocycles. The molecule has 26 heavy (non-hydrogen) atoms. The molecule has 0 atom stereocenters. The van der Waals surface area contributed by atoms with Crippen LogP contribution in [0.2, 0.25) is 0 Å². The third-order valence-electron chi connectivity index (χ3n) is 4.50. The largest absolute Gasteiger partial charge is 0.461 e. The average molecular weight is 363 g/mol. The summed E-state index contributed by atoms with van der Waals surface area (Å²) in [5.41, 5.74) is 0.290. The minimum absolute atomic E-state index is 0.143. The van der Waals surface area contributed by atoms with Crippen LogP contribution in [0.4, 0.5) is 0 Å². The lowest BCUT2D eigenvalue weighted by Gasteiger charge is -2.12. The van der Waals surface area contributed by atoms with E-state index in [2.05, 4.69) is 25.8 Å². The molecule has 146 valence electrons. The van der Waals surface area contributed by atoms with Crippen molar-refractivity contribution in [2.24, 2.45) is 5.92 Å². The van der Waals surface area contributed by atoms with Crippen LogP contribution < -0.4 is 0 Å². The van der Waals surface area contributed by atoms with Crippen molar-refractivity contribution < 1.29 is 19.1 Å². The standard InChI is InChI=1S/C21H33NO4/c1-4-7-8-9-10-11-15-25-20(23)18-13-12-14-19(22-18)21(24)26-16-17(5-2)6-3/h12-14,17H,4-11,15-16H2,1-3H3. The second-order valence-electron chi connectivity index (χ2n) is 6.59. The predicted octanol–water partition coefficient (Wildman–Crippen LogP) is 5.19. The van der Waals surface area contributed by atoms with Crippen molar-refractivity contribution in [1.29, 1.82) is 0 Å². The lowest BCUT2D eigenvalue weighted by Crippen LogP contribution is -2.16. The Kier molecular flexibility index (Phi) is 11.3. The molecule has 1 heterocycles. The molecule has 0 amide bonds. The number of carbonyl (C=O) groups excluding carboxylic acids is 2. The highest BCUT2D eigenvalue weighted by molar-refractivity contribution is 5.91. The number of hydrogen-bond donors (Lipinski definition) is 0. The summed E-state index contributed by atoms with van der Waals surface area (Å²) in [5, 5.41) is 0. The van der Waals surface area contributed by atoms with Crippen molar-refractivity contribution in [2.75, 3.05) is 13.2 Å². The third-order valence-corrected chi connectivity index (χ3v) is 4.50. The summed E-state index contributed by atoms with van der Waals surface area (Å²) in [7, 11) is 0. The molecular formula is C21H33NO4. The van der Waals surface area contributed by atoms with E-state index in [1.54, 1.807) is 18.2 Å². The number of nitrogens with zero attached hydrogens (tertiary/aromatic N) is 1. The zero-order valence-corrected chi connectivity index (χ0v) is 16.5. The van der Waals surface area contributed by atoms with Crippen molar-refractivity contribution in [2.45, 2.75) is 72.1 Å². The van der Waals surface area contributed by atoms with Gasteiger partial charge in [-0.3, -0.25) is 0 Å². The van der Waals surface area contributed by atoms with E-state index in [1.807, 2.05) is 0 Å². The molecule has 1 aromatic heterocycles. The van der Waals surface area contributed by atoms with E-state index in [9.17, 15) is 9.59 Å². The Morgan fingerprint density at radius 3 is 2.08 bits per heavy atom. The van der Waals surface area contributed by atoms with Gasteiger partial charge in [0.25, 0.3) is 0 Å². The summed E-state index contributed by atoms with van der Waals surface area (Å²) in [5.74, 6) is -0.639. The number of carbonyl (C=O) groups is 2. The highest BCUT2D eigenvalue weighted by Gasteiger charge is 2.15. The van der Waals surface area contributed by atoms with E-state index in [0.29, 0.717) is 19.1 Å². The van der Waals surface area contributed by atoms with Gasteiger partial charge < -0.3 is 9.47 Å². The second kappa shape index (κ2) is 13.3. The number of pyridine rings is 1. The summed E-state index contributed by atoms with van der Waals surface area (Å²) < 4.78 is 10.5. The number of unbranched alkanes of at least 4 members (excludes halogenated alkanes) is 5. The Morgan fingerprint density at radius 1 is 0.885 bits per heavy atom. The minimum atomic E-state index is -0.498. The molecule has 0 aliphatic rings. The first-order valence-electron chi connectivity index (χ1n) is 9.93. The van der Waals surface area contributed by atoms with Crippen LogP contribution in [0, 0.1) is 5.92 Å². The highest BCUT2D eigenvalue weighted by Crippen LogP contribution is 2.10. The van der Waals surface area contributed by atoms with Gasteiger partial charge in [-0.15, -0.1) is 0 Å². The van der Waals surface area contributed by atoms with Crippen molar-refractivity contribution in [3.8, 4) is 0 Å². The molecule has 0 unspecified atom stereocenters. The van der Waals surface area contributed by atoms with Gasteiger partial charge in [0.05, 0.1) is 13.2 Å². The van der Waals surface area contributed by atoms with Gasteiger partial charge in [0.1, 0.15) is 11.4 Å². The van der Waals surface area contributed by atoms with Gasteiger partial charge in [0, 0.05) is 0 Å². The Morgan fingerprint density at radius 2 is 1.46 bits per heavy atom. The van der Waals surface area contributed by atoms with Crippen LogP contribution in [0.3, 0.4) is 0 Å².